The molecule has 88 valence electrons. The van der Waals surface area contributed by atoms with Crippen LogP contribution >= 0.6 is 0 Å². The number of nitrogens with two attached hydrogens (primary N) is 1. The largest absolute Gasteiger partial charge is 0.465 e. The van der Waals surface area contributed by atoms with E-state index in [4.69, 9.17) is 10.5 Å². The molecule has 1 aliphatic carbocycles. The molecule has 0 spiro atoms. The van der Waals surface area contributed by atoms with Gasteiger partial charge in [0.05, 0.1) is 6.61 Å². The van der Waals surface area contributed by atoms with Crippen LogP contribution in [0.5, 0.6) is 0 Å². The molecule has 1 atom stereocenters. The molecule has 1 aromatic heterocycles. The van der Waals surface area contributed by atoms with Gasteiger partial charge in [0.25, 0.3) is 0 Å². The fourth-order valence-electron chi connectivity index (χ4n) is 1.84. The van der Waals surface area contributed by atoms with E-state index >= 15 is 0 Å². The van der Waals surface area contributed by atoms with E-state index in [0.717, 1.165) is 5.56 Å². The van der Waals surface area contributed by atoms with Crippen molar-refractivity contribution in [1.82, 2.24) is 4.57 Å². The monoisotopic (exact) mass is 222 g/mol. The Hall–Kier alpha value is -1.29. The fraction of sp³-hybridized carbons (Fsp3) is 0.583. The van der Waals surface area contributed by atoms with Crippen molar-refractivity contribution < 1.29 is 9.53 Å². The highest BCUT2D eigenvalue weighted by Gasteiger charge is 2.29. The van der Waals surface area contributed by atoms with E-state index in [1.807, 2.05) is 30.0 Å². The number of hydrogen-bond donors (Lipinski definition) is 1. The van der Waals surface area contributed by atoms with Crippen molar-refractivity contribution in [2.24, 2.45) is 11.7 Å². The zero-order chi connectivity index (χ0) is 11.5. The quantitative estimate of drug-likeness (QED) is 0.767. The minimum Gasteiger partial charge on any atom is -0.465 e. The van der Waals surface area contributed by atoms with Gasteiger partial charge in [-0.1, -0.05) is 0 Å². The molecule has 16 heavy (non-hydrogen) atoms. The van der Waals surface area contributed by atoms with Crippen molar-refractivity contribution >= 4 is 5.97 Å². The van der Waals surface area contributed by atoms with Gasteiger partial charge in [0.15, 0.2) is 0 Å². The lowest BCUT2D eigenvalue weighted by Crippen LogP contribution is -2.13. The number of carbonyl (C=O) groups excluding carboxylic acids is 1. The summed E-state index contributed by atoms with van der Waals surface area (Å²) in [5, 5.41) is 0. The van der Waals surface area contributed by atoms with Crippen LogP contribution in [0.25, 0.3) is 0 Å². The first-order valence-electron chi connectivity index (χ1n) is 5.77. The molecule has 1 unspecified atom stereocenters. The lowest BCUT2D eigenvalue weighted by atomic mass is 10.1. The highest BCUT2D eigenvalue weighted by atomic mass is 16.5. The van der Waals surface area contributed by atoms with E-state index in [1.54, 1.807) is 0 Å². The maximum absolute atomic E-state index is 11.3. The maximum atomic E-state index is 11.3. The summed E-state index contributed by atoms with van der Waals surface area (Å²) in [6.45, 7) is 2.50. The normalized spacial score (nSPS) is 17.1. The Bertz CT molecular complexity index is 369. The number of aromatic nitrogens is 1. The van der Waals surface area contributed by atoms with Crippen LogP contribution in [-0.4, -0.2) is 17.1 Å². The average Bonchev–Trinajstić information content (AvgIpc) is 2.99. The summed E-state index contributed by atoms with van der Waals surface area (Å²) in [6, 6.07) is 2.12. The van der Waals surface area contributed by atoms with Crippen molar-refractivity contribution in [3.05, 3.63) is 24.0 Å². The Balaban J connectivity index is 1.93. The van der Waals surface area contributed by atoms with Gasteiger partial charge in [-0.15, -0.1) is 0 Å². The van der Waals surface area contributed by atoms with Gasteiger partial charge in [0.1, 0.15) is 6.54 Å². The molecule has 0 aliphatic heterocycles. The number of carbonyl (C=O) groups is 1. The maximum Gasteiger partial charge on any atom is 0.325 e. The van der Waals surface area contributed by atoms with Gasteiger partial charge in [0, 0.05) is 18.4 Å². The van der Waals surface area contributed by atoms with Gasteiger partial charge < -0.3 is 15.0 Å². The topological polar surface area (TPSA) is 57.2 Å². The molecule has 4 nitrogen and oxygen atoms in total. The molecule has 2 rings (SSSR count). The lowest BCUT2D eigenvalue weighted by molar-refractivity contribution is -0.143. The predicted molar refractivity (Wildman–Crippen MR) is 60.7 cm³/mol. The van der Waals surface area contributed by atoms with Crippen LogP contribution in [-0.2, 0) is 16.1 Å². The highest BCUT2D eigenvalue weighted by molar-refractivity contribution is 5.69. The van der Waals surface area contributed by atoms with Gasteiger partial charge in [-0.2, -0.15) is 0 Å². The first-order valence-corrected chi connectivity index (χ1v) is 5.77. The summed E-state index contributed by atoms with van der Waals surface area (Å²) in [5.41, 5.74) is 7.19. The molecular weight excluding hydrogens is 204 g/mol. The van der Waals surface area contributed by atoms with E-state index in [-0.39, 0.29) is 18.6 Å². The van der Waals surface area contributed by atoms with Gasteiger partial charge in [0.2, 0.25) is 0 Å². The van der Waals surface area contributed by atoms with E-state index in [9.17, 15) is 4.79 Å². The first kappa shape index (κ1) is 11.2. The van der Waals surface area contributed by atoms with Crippen LogP contribution < -0.4 is 5.73 Å². The highest BCUT2D eigenvalue weighted by Crippen LogP contribution is 2.39. The van der Waals surface area contributed by atoms with Gasteiger partial charge in [-0.05, 0) is 37.3 Å². The van der Waals surface area contributed by atoms with Crippen LogP contribution in [0.4, 0.5) is 0 Å². The zero-order valence-corrected chi connectivity index (χ0v) is 9.56. The van der Waals surface area contributed by atoms with E-state index in [0.29, 0.717) is 12.5 Å². The Kier molecular flexibility index (Phi) is 3.29. The summed E-state index contributed by atoms with van der Waals surface area (Å²) in [5.74, 6) is 0.433. The smallest absolute Gasteiger partial charge is 0.325 e. The van der Waals surface area contributed by atoms with Crippen molar-refractivity contribution in [3.63, 3.8) is 0 Å². The van der Waals surface area contributed by atoms with Crippen molar-refractivity contribution in [2.75, 3.05) is 6.61 Å². The number of rotatable bonds is 5. The van der Waals surface area contributed by atoms with Gasteiger partial charge in [-0.3, -0.25) is 4.79 Å². The molecule has 1 fully saturated rings. The molecule has 1 saturated carbocycles. The molecule has 0 radical (unpaired) electrons. The summed E-state index contributed by atoms with van der Waals surface area (Å²) in [6.07, 6.45) is 6.28. The van der Waals surface area contributed by atoms with Crippen molar-refractivity contribution in [3.8, 4) is 0 Å². The molecule has 2 N–H and O–H groups in total. The summed E-state index contributed by atoms with van der Waals surface area (Å²) < 4.78 is 6.71. The number of nitrogens with zero attached hydrogens (tertiary/aromatic N) is 1. The summed E-state index contributed by atoms with van der Waals surface area (Å²) in [4.78, 5) is 11.3. The third kappa shape index (κ3) is 2.64. The molecule has 1 aliphatic rings. The van der Waals surface area contributed by atoms with Crippen LogP contribution in [0, 0.1) is 5.92 Å². The zero-order valence-electron chi connectivity index (χ0n) is 9.56. The second-order valence-electron chi connectivity index (χ2n) is 4.29. The SMILES string of the molecule is CCOC(=O)Cn1ccc(C(N)C2CC2)c1. The molecule has 1 aromatic rings. The molecule has 4 heteroatoms. The minimum atomic E-state index is -0.204. The second-order valence-corrected chi connectivity index (χ2v) is 4.29. The number of ether oxygens (including phenoxy) is 1. The standard InChI is InChI=1S/C12H18N2O2/c1-2-16-11(15)8-14-6-5-10(7-14)12(13)9-3-4-9/h5-7,9,12H,2-4,8,13H2,1H3. The van der Waals surface area contributed by atoms with E-state index in [1.165, 1.54) is 12.8 Å². The summed E-state index contributed by atoms with van der Waals surface area (Å²) >= 11 is 0. The Morgan fingerprint density at radius 2 is 2.44 bits per heavy atom. The Labute approximate surface area is 95.4 Å². The first-order chi connectivity index (χ1) is 7.70. The Morgan fingerprint density at radius 1 is 1.69 bits per heavy atom. The van der Waals surface area contributed by atoms with Gasteiger partial charge in [-0.25, -0.2) is 0 Å². The van der Waals surface area contributed by atoms with E-state index < -0.39 is 0 Å². The third-order valence-corrected chi connectivity index (χ3v) is 2.91. The fourth-order valence-corrected chi connectivity index (χ4v) is 1.84. The van der Waals surface area contributed by atoms with Crippen molar-refractivity contribution in [1.29, 1.82) is 0 Å². The van der Waals surface area contributed by atoms with Crippen LogP contribution in [0.3, 0.4) is 0 Å². The van der Waals surface area contributed by atoms with E-state index in [2.05, 4.69) is 0 Å². The predicted octanol–water partition coefficient (Wildman–Crippen LogP) is 1.46. The lowest BCUT2D eigenvalue weighted by Gasteiger charge is -2.07. The van der Waals surface area contributed by atoms with Crippen LogP contribution in [0.1, 0.15) is 31.4 Å². The second kappa shape index (κ2) is 4.70. The minimum absolute atomic E-state index is 0.128. The molecule has 1 heterocycles. The third-order valence-electron chi connectivity index (χ3n) is 2.91. The number of esters is 1. The summed E-state index contributed by atoms with van der Waals surface area (Å²) in [7, 11) is 0. The molecular formula is C12H18N2O2. The molecule has 0 amide bonds. The van der Waals surface area contributed by atoms with Crippen LogP contribution in [0.2, 0.25) is 0 Å². The average molecular weight is 222 g/mol. The van der Waals surface area contributed by atoms with Crippen molar-refractivity contribution in [2.45, 2.75) is 32.4 Å². The Morgan fingerprint density at radius 3 is 3.06 bits per heavy atom. The molecule has 0 aromatic carbocycles. The molecule has 0 bridgehead atoms. The molecule has 0 saturated heterocycles. The number of hydrogen-bond acceptors (Lipinski definition) is 3. The van der Waals surface area contributed by atoms with Crippen LogP contribution in [0.15, 0.2) is 18.5 Å². The van der Waals surface area contributed by atoms with Gasteiger partial charge >= 0.3 is 5.97 Å².